The number of hydrogen-bond donors (Lipinski definition) is 2. The van der Waals surface area contributed by atoms with Gasteiger partial charge in [-0.1, -0.05) is 30.1 Å². The highest BCUT2D eigenvalue weighted by Gasteiger charge is 2.17. The van der Waals surface area contributed by atoms with Crippen molar-refractivity contribution in [3.63, 3.8) is 0 Å². The number of benzene rings is 2. The van der Waals surface area contributed by atoms with E-state index in [-0.39, 0.29) is 32.9 Å². The van der Waals surface area contributed by atoms with Crippen molar-refractivity contribution in [3.05, 3.63) is 62.1 Å². The lowest BCUT2D eigenvalue weighted by atomic mass is 10.1. The van der Waals surface area contributed by atoms with Crippen molar-refractivity contribution in [3.8, 4) is 0 Å². The molecule has 0 fully saturated rings. The summed E-state index contributed by atoms with van der Waals surface area (Å²) < 4.78 is 0. The zero-order valence-corrected chi connectivity index (χ0v) is 15.2. The van der Waals surface area contributed by atoms with E-state index in [1.807, 2.05) is 6.92 Å². The second kappa shape index (κ2) is 8.64. The predicted octanol–water partition coefficient (Wildman–Crippen LogP) is 4.89. The van der Waals surface area contributed by atoms with Crippen molar-refractivity contribution < 1.29 is 14.5 Å². The number of carbonyl (C=O) groups is 2. The van der Waals surface area contributed by atoms with Crippen molar-refractivity contribution in [1.29, 1.82) is 0 Å². The third-order valence-corrected chi connectivity index (χ3v) is 4.03. The first-order valence-electron chi connectivity index (χ1n) is 7.66. The van der Waals surface area contributed by atoms with E-state index in [2.05, 4.69) is 10.6 Å². The molecule has 0 radical (unpaired) electrons. The summed E-state index contributed by atoms with van der Waals surface area (Å²) in [5, 5.41) is 16.4. The van der Waals surface area contributed by atoms with E-state index in [9.17, 15) is 19.7 Å². The van der Waals surface area contributed by atoms with Crippen LogP contribution in [0.3, 0.4) is 0 Å². The highest BCUT2D eigenvalue weighted by Crippen LogP contribution is 2.28. The maximum absolute atomic E-state index is 12.4. The van der Waals surface area contributed by atoms with E-state index >= 15 is 0 Å². The summed E-state index contributed by atoms with van der Waals surface area (Å²) in [6.45, 7) is 1.89. The molecule has 26 heavy (non-hydrogen) atoms. The first kappa shape index (κ1) is 19.7. The monoisotopic (exact) mass is 395 g/mol. The minimum atomic E-state index is -0.671. The Labute approximate surface area is 159 Å². The van der Waals surface area contributed by atoms with Gasteiger partial charge in [-0.2, -0.15) is 0 Å². The maximum Gasteiger partial charge on any atom is 0.288 e. The molecular formula is C17H15Cl2N3O4. The number of nitrogens with one attached hydrogen (secondary N) is 2. The summed E-state index contributed by atoms with van der Waals surface area (Å²) >= 11 is 11.8. The third-order valence-electron chi connectivity index (χ3n) is 3.38. The number of amides is 2. The highest BCUT2D eigenvalue weighted by atomic mass is 35.5. The fourth-order valence-electron chi connectivity index (χ4n) is 2.14. The maximum atomic E-state index is 12.4. The summed E-state index contributed by atoms with van der Waals surface area (Å²) in [6.07, 6.45) is 1.08. The van der Waals surface area contributed by atoms with Crippen LogP contribution in [-0.4, -0.2) is 16.7 Å². The van der Waals surface area contributed by atoms with Gasteiger partial charge < -0.3 is 10.6 Å². The molecule has 0 aliphatic carbocycles. The molecule has 7 nitrogen and oxygen atoms in total. The Morgan fingerprint density at radius 2 is 1.77 bits per heavy atom. The lowest BCUT2D eigenvalue weighted by Crippen LogP contribution is -2.14. The first-order valence-corrected chi connectivity index (χ1v) is 8.42. The molecule has 2 N–H and O–H groups in total. The average Bonchev–Trinajstić information content (AvgIpc) is 2.58. The second-order valence-corrected chi connectivity index (χ2v) is 6.18. The van der Waals surface area contributed by atoms with E-state index < -0.39 is 10.8 Å². The van der Waals surface area contributed by atoms with Gasteiger partial charge in [-0.25, -0.2) is 0 Å². The summed E-state index contributed by atoms with van der Waals surface area (Å²) in [4.78, 5) is 34.3. The van der Waals surface area contributed by atoms with Crippen molar-refractivity contribution >= 4 is 52.1 Å². The molecule has 0 aliphatic heterocycles. The summed E-state index contributed by atoms with van der Waals surface area (Å²) in [6, 6.07) is 8.38. The molecule has 2 aromatic carbocycles. The molecule has 136 valence electrons. The van der Waals surface area contributed by atoms with Gasteiger partial charge >= 0.3 is 0 Å². The number of nitro benzene ring substituents is 1. The summed E-state index contributed by atoms with van der Waals surface area (Å²) in [5.41, 5.74) is 0.428. The van der Waals surface area contributed by atoms with E-state index in [0.717, 1.165) is 6.07 Å². The molecule has 9 heteroatoms. The predicted molar refractivity (Wildman–Crippen MR) is 101 cm³/mol. The van der Waals surface area contributed by atoms with E-state index in [4.69, 9.17) is 23.2 Å². The van der Waals surface area contributed by atoms with Gasteiger partial charge in [-0.15, -0.1) is 0 Å². The number of nitro groups is 1. The fourth-order valence-corrected chi connectivity index (χ4v) is 2.49. The number of nitrogens with zero attached hydrogens (tertiary/aromatic N) is 1. The summed E-state index contributed by atoms with van der Waals surface area (Å²) in [7, 11) is 0. The Balaban J connectivity index is 2.22. The normalized spacial score (nSPS) is 10.3. The van der Waals surface area contributed by atoms with Gasteiger partial charge in [-0.3, -0.25) is 19.7 Å². The smallest absolute Gasteiger partial charge is 0.288 e. The molecule has 2 rings (SSSR count). The molecule has 0 aliphatic rings. The molecule has 0 unspecified atom stereocenters. The Hall–Kier alpha value is -2.64. The first-order chi connectivity index (χ1) is 12.3. The molecule has 0 saturated heterocycles. The Bertz CT molecular complexity index is 871. The number of carbonyl (C=O) groups excluding carboxylic acids is 2. The van der Waals surface area contributed by atoms with Crippen LogP contribution < -0.4 is 10.6 Å². The molecule has 0 spiro atoms. The number of rotatable bonds is 6. The Morgan fingerprint density at radius 3 is 2.42 bits per heavy atom. The van der Waals surface area contributed by atoms with Crippen LogP contribution in [0, 0.1) is 10.1 Å². The van der Waals surface area contributed by atoms with Gasteiger partial charge in [0.2, 0.25) is 5.91 Å². The van der Waals surface area contributed by atoms with Crippen molar-refractivity contribution in [2.75, 3.05) is 10.6 Å². The molecule has 0 aromatic heterocycles. The van der Waals surface area contributed by atoms with Crippen LogP contribution in [0.25, 0.3) is 0 Å². The van der Waals surface area contributed by atoms with E-state index in [1.54, 1.807) is 6.07 Å². The van der Waals surface area contributed by atoms with Gasteiger partial charge in [-0.05, 0) is 36.8 Å². The van der Waals surface area contributed by atoms with E-state index in [1.165, 1.54) is 24.3 Å². The molecule has 0 saturated carbocycles. The zero-order chi connectivity index (χ0) is 19.3. The van der Waals surface area contributed by atoms with Crippen LogP contribution >= 0.6 is 23.2 Å². The lowest BCUT2D eigenvalue weighted by Gasteiger charge is -2.11. The Morgan fingerprint density at radius 1 is 1.08 bits per heavy atom. The van der Waals surface area contributed by atoms with Crippen LogP contribution in [0.2, 0.25) is 10.0 Å². The topological polar surface area (TPSA) is 101 Å². The summed E-state index contributed by atoms with van der Waals surface area (Å²) in [5.74, 6) is -0.746. The number of hydrogen-bond acceptors (Lipinski definition) is 4. The van der Waals surface area contributed by atoms with Crippen LogP contribution in [0.4, 0.5) is 17.1 Å². The SMILES string of the molecule is CCCC(=O)Nc1ccc(Cl)c(NC(=O)c2ccc(Cl)c([N+](=O)[O-])c2)c1. The molecular weight excluding hydrogens is 381 g/mol. The molecule has 0 atom stereocenters. The van der Waals surface area contributed by atoms with Gasteiger partial charge in [0.1, 0.15) is 5.02 Å². The fraction of sp³-hybridized carbons (Fsp3) is 0.176. The van der Waals surface area contributed by atoms with Gasteiger partial charge in [0.15, 0.2) is 0 Å². The minimum absolute atomic E-state index is 0.0533. The van der Waals surface area contributed by atoms with Crippen LogP contribution in [0.15, 0.2) is 36.4 Å². The van der Waals surface area contributed by atoms with Gasteiger partial charge in [0.25, 0.3) is 11.6 Å². The van der Waals surface area contributed by atoms with Crippen molar-refractivity contribution in [1.82, 2.24) is 0 Å². The standard InChI is InChI=1S/C17H15Cl2N3O4/c1-2-3-16(23)20-11-5-7-12(18)14(9-11)21-17(24)10-4-6-13(19)15(8-10)22(25)26/h4-9H,2-3H2,1H3,(H,20,23)(H,21,24). The molecule has 2 amide bonds. The van der Waals surface area contributed by atoms with Crippen LogP contribution in [0.1, 0.15) is 30.1 Å². The largest absolute Gasteiger partial charge is 0.326 e. The minimum Gasteiger partial charge on any atom is -0.326 e. The molecule has 0 bridgehead atoms. The quantitative estimate of drug-likeness (QED) is 0.536. The van der Waals surface area contributed by atoms with Gasteiger partial charge in [0.05, 0.1) is 15.6 Å². The second-order valence-electron chi connectivity index (χ2n) is 5.37. The van der Waals surface area contributed by atoms with Gasteiger partial charge in [0, 0.05) is 23.7 Å². The average molecular weight is 396 g/mol. The highest BCUT2D eigenvalue weighted by molar-refractivity contribution is 6.34. The third kappa shape index (κ3) is 4.93. The van der Waals surface area contributed by atoms with Crippen LogP contribution in [-0.2, 0) is 4.79 Å². The van der Waals surface area contributed by atoms with E-state index in [0.29, 0.717) is 18.5 Å². The number of halogens is 2. The van der Waals surface area contributed by atoms with Crippen molar-refractivity contribution in [2.45, 2.75) is 19.8 Å². The van der Waals surface area contributed by atoms with Crippen molar-refractivity contribution in [2.24, 2.45) is 0 Å². The molecule has 0 heterocycles. The van der Waals surface area contributed by atoms with Crippen LogP contribution in [0.5, 0.6) is 0 Å². The lowest BCUT2D eigenvalue weighted by molar-refractivity contribution is -0.384. The Kier molecular flexibility index (Phi) is 6.54. The molecule has 2 aromatic rings. The number of anilines is 2. The zero-order valence-electron chi connectivity index (χ0n) is 13.7.